The second kappa shape index (κ2) is 9.03. The van der Waals surface area contributed by atoms with Crippen molar-refractivity contribution >= 4 is 23.2 Å². The Morgan fingerprint density at radius 2 is 2.06 bits per heavy atom. The number of carbonyl (C=O) groups excluding carboxylic acids is 1. The molecule has 0 aliphatic carbocycles. The molecule has 31 heavy (non-hydrogen) atoms. The maximum atomic E-state index is 14.1. The summed E-state index contributed by atoms with van der Waals surface area (Å²) >= 11 is 1.48. The zero-order valence-electron chi connectivity index (χ0n) is 17.4. The fraction of sp³-hybridized carbons (Fsp3) is 0.381. The number of nitrogens with zero attached hydrogens (tertiary/aromatic N) is 4. The third-order valence-electron chi connectivity index (χ3n) is 5.04. The molecular formula is C21H24FN7OS. The molecule has 0 bridgehead atoms. The normalized spacial score (nSPS) is 16.3. The number of hydrogen-bond acceptors (Lipinski definition) is 8. The lowest BCUT2D eigenvalue weighted by Gasteiger charge is -2.25. The molecule has 1 saturated heterocycles. The predicted octanol–water partition coefficient (Wildman–Crippen LogP) is 2.85. The summed E-state index contributed by atoms with van der Waals surface area (Å²) in [6.45, 7) is 4.97. The molecule has 3 aromatic heterocycles. The summed E-state index contributed by atoms with van der Waals surface area (Å²) in [6.07, 6.45) is 8.55. The van der Waals surface area contributed by atoms with Crippen molar-refractivity contribution in [3.05, 3.63) is 53.3 Å². The van der Waals surface area contributed by atoms with Gasteiger partial charge in [0.05, 0.1) is 18.1 Å². The van der Waals surface area contributed by atoms with Crippen LogP contribution >= 0.6 is 11.3 Å². The first-order valence-corrected chi connectivity index (χ1v) is 10.9. The first-order chi connectivity index (χ1) is 14.9. The summed E-state index contributed by atoms with van der Waals surface area (Å²) in [4.78, 5) is 30.3. The number of aromatic nitrogens is 4. The molecule has 1 aliphatic rings. The number of nitrogens with one attached hydrogen (secondary N) is 3. The van der Waals surface area contributed by atoms with Crippen LogP contribution in [0.5, 0.6) is 0 Å². The maximum Gasteiger partial charge on any atom is 0.237 e. The van der Waals surface area contributed by atoms with Crippen molar-refractivity contribution in [2.45, 2.75) is 44.8 Å². The average molecular weight is 442 g/mol. The van der Waals surface area contributed by atoms with Gasteiger partial charge in [-0.2, -0.15) is 0 Å². The number of carbonyl (C=O) groups is 1. The minimum atomic E-state index is -0.784. The molecule has 1 fully saturated rings. The van der Waals surface area contributed by atoms with Crippen molar-refractivity contribution in [1.82, 2.24) is 30.6 Å². The molecule has 1 aliphatic heterocycles. The van der Waals surface area contributed by atoms with Crippen molar-refractivity contribution in [2.75, 3.05) is 11.9 Å². The van der Waals surface area contributed by atoms with E-state index in [0.717, 1.165) is 34.8 Å². The van der Waals surface area contributed by atoms with E-state index in [1.54, 1.807) is 30.9 Å². The first kappa shape index (κ1) is 21.3. The summed E-state index contributed by atoms with van der Waals surface area (Å²) in [5.74, 6) is 0.00724. The number of anilines is 1. The number of amides is 1. The third-order valence-corrected chi connectivity index (χ3v) is 6.09. The summed E-state index contributed by atoms with van der Waals surface area (Å²) in [5.41, 5.74) is 0.280. The summed E-state index contributed by atoms with van der Waals surface area (Å²) in [7, 11) is 0. The van der Waals surface area contributed by atoms with Crippen LogP contribution < -0.4 is 16.0 Å². The molecule has 1 amide bonds. The maximum absolute atomic E-state index is 14.1. The molecule has 0 spiro atoms. The highest BCUT2D eigenvalue weighted by atomic mass is 32.1. The molecule has 3 N–H and O–H groups in total. The zero-order chi connectivity index (χ0) is 21.8. The van der Waals surface area contributed by atoms with Crippen molar-refractivity contribution < 1.29 is 9.18 Å². The fourth-order valence-corrected chi connectivity index (χ4v) is 4.24. The van der Waals surface area contributed by atoms with Gasteiger partial charge in [0.1, 0.15) is 16.5 Å². The van der Waals surface area contributed by atoms with Crippen LogP contribution in [0.3, 0.4) is 0 Å². The van der Waals surface area contributed by atoms with E-state index >= 15 is 0 Å². The Morgan fingerprint density at radius 1 is 1.26 bits per heavy atom. The van der Waals surface area contributed by atoms with E-state index < -0.39 is 5.54 Å². The van der Waals surface area contributed by atoms with E-state index in [2.05, 4.69) is 35.9 Å². The molecule has 8 nitrogen and oxygen atoms in total. The van der Waals surface area contributed by atoms with Crippen molar-refractivity contribution in [2.24, 2.45) is 0 Å². The van der Waals surface area contributed by atoms with Crippen molar-refractivity contribution in [1.29, 1.82) is 0 Å². The second-order valence-electron chi connectivity index (χ2n) is 7.88. The predicted molar refractivity (Wildman–Crippen MR) is 117 cm³/mol. The topological polar surface area (TPSA) is 105 Å². The van der Waals surface area contributed by atoms with Gasteiger partial charge in [-0.15, -0.1) is 11.3 Å². The van der Waals surface area contributed by atoms with Crippen LogP contribution in [0.4, 0.5) is 10.3 Å². The van der Waals surface area contributed by atoms with Crippen LogP contribution in [0.25, 0.3) is 10.6 Å². The zero-order valence-corrected chi connectivity index (χ0v) is 18.2. The molecule has 10 heteroatoms. The molecule has 4 rings (SSSR count). The number of rotatable bonds is 7. The molecule has 3 aromatic rings. The molecule has 4 heterocycles. The van der Waals surface area contributed by atoms with E-state index in [1.165, 1.54) is 17.4 Å². The lowest BCUT2D eigenvalue weighted by Crippen LogP contribution is -2.39. The van der Waals surface area contributed by atoms with Crippen LogP contribution in [0.15, 0.2) is 36.9 Å². The number of thiazole rings is 1. The molecule has 0 saturated carbocycles. The lowest BCUT2D eigenvalue weighted by molar-refractivity contribution is -0.122. The summed E-state index contributed by atoms with van der Waals surface area (Å²) < 4.78 is 14.1. The quantitative estimate of drug-likeness (QED) is 0.518. The van der Waals surface area contributed by atoms with Gasteiger partial charge in [0.25, 0.3) is 0 Å². The minimum Gasteiger partial charge on any atom is -0.350 e. The van der Waals surface area contributed by atoms with Gasteiger partial charge < -0.3 is 16.0 Å². The highest BCUT2D eigenvalue weighted by Crippen LogP contribution is 2.27. The van der Waals surface area contributed by atoms with Gasteiger partial charge in [0.15, 0.2) is 0 Å². The van der Waals surface area contributed by atoms with Gasteiger partial charge in [-0.1, -0.05) is 0 Å². The number of pyridine rings is 1. The lowest BCUT2D eigenvalue weighted by atomic mass is 9.99. The molecule has 1 unspecified atom stereocenters. The fourth-order valence-electron chi connectivity index (χ4n) is 3.42. The van der Waals surface area contributed by atoms with Crippen molar-refractivity contribution in [3.8, 4) is 10.6 Å². The summed E-state index contributed by atoms with van der Waals surface area (Å²) in [6, 6.07) is 2.84. The Morgan fingerprint density at radius 3 is 2.77 bits per heavy atom. The van der Waals surface area contributed by atoms with Crippen LogP contribution in [-0.4, -0.2) is 38.4 Å². The second-order valence-corrected chi connectivity index (χ2v) is 8.99. The van der Waals surface area contributed by atoms with Gasteiger partial charge in [0.2, 0.25) is 11.9 Å². The van der Waals surface area contributed by atoms with Crippen LogP contribution in [0, 0.1) is 5.82 Å². The summed E-state index contributed by atoms with van der Waals surface area (Å²) in [5, 5.41) is 10.0. The Labute approximate surface area is 183 Å². The molecule has 162 valence electrons. The van der Waals surface area contributed by atoms with Gasteiger partial charge in [-0.3, -0.25) is 9.78 Å². The van der Waals surface area contributed by atoms with E-state index in [-0.39, 0.29) is 17.8 Å². The van der Waals surface area contributed by atoms with Gasteiger partial charge in [-0.25, -0.2) is 19.3 Å². The van der Waals surface area contributed by atoms with Crippen LogP contribution in [0.1, 0.15) is 37.3 Å². The SMILES string of the molecule is CC(C)(Nc1ncc(-c2ncc(CNC(=O)C3CCCN3)s2)cn1)c1ncccc1F. The Balaban J connectivity index is 1.38. The largest absolute Gasteiger partial charge is 0.350 e. The monoisotopic (exact) mass is 441 g/mol. The van der Waals surface area contributed by atoms with E-state index in [1.807, 2.05) is 13.8 Å². The van der Waals surface area contributed by atoms with E-state index in [4.69, 9.17) is 0 Å². The number of halogens is 1. The molecule has 1 atom stereocenters. The van der Waals surface area contributed by atoms with Gasteiger partial charge in [0, 0.05) is 35.2 Å². The molecule has 0 radical (unpaired) electrons. The Kier molecular flexibility index (Phi) is 6.19. The smallest absolute Gasteiger partial charge is 0.237 e. The molecular weight excluding hydrogens is 417 g/mol. The highest BCUT2D eigenvalue weighted by Gasteiger charge is 2.26. The van der Waals surface area contributed by atoms with Crippen LogP contribution in [0.2, 0.25) is 0 Å². The van der Waals surface area contributed by atoms with E-state index in [0.29, 0.717) is 18.2 Å². The number of hydrogen-bond donors (Lipinski definition) is 3. The third kappa shape index (κ3) is 5.02. The Hall–Kier alpha value is -2.98. The van der Waals surface area contributed by atoms with Crippen molar-refractivity contribution in [3.63, 3.8) is 0 Å². The van der Waals surface area contributed by atoms with Gasteiger partial charge >= 0.3 is 0 Å². The molecule has 0 aromatic carbocycles. The first-order valence-electron chi connectivity index (χ1n) is 10.1. The standard InChI is InChI=1S/C21H24FN7OS/c1-21(2,17-15(22)5-3-8-24-17)29-20-27-9-13(10-28-20)19-26-12-14(31-19)11-25-18(30)16-6-4-7-23-16/h3,5,8-10,12,16,23H,4,6-7,11H2,1-2H3,(H,25,30)(H,27,28,29). The highest BCUT2D eigenvalue weighted by molar-refractivity contribution is 7.15. The average Bonchev–Trinajstić information content (AvgIpc) is 3.45. The minimum absolute atomic E-state index is 0.0261. The Bertz CT molecular complexity index is 1050. The van der Waals surface area contributed by atoms with E-state index in [9.17, 15) is 9.18 Å². The van der Waals surface area contributed by atoms with Crippen LogP contribution in [-0.2, 0) is 16.9 Å². The van der Waals surface area contributed by atoms with Gasteiger partial charge in [-0.05, 0) is 45.4 Å².